The number of aryl methyl sites for hydroxylation is 1. The third kappa shape index (κ3) is 2.74. The molecule has 2 aromatic rings. The Morgan fingerprint density at radius 2 is 2.00 bits per heavy atom. The highest BCUT2D eigenvalue weighted by molar-refractivity contribution is 6.00. The molecule has 1 heterocycles. The van der Waals surface area contributed by atoms with Gasteiger partial charge in [0.25, 0.3) is 5.91 Å². The van der Waals surface area contributed by atoms with Crippen LogP contribution in [0, 0.1) is 18.7 Å². The first-order valence-electron chi connectivity index (χ1n) is 6.54. The summed E-state index contributed by atoms with van der Waals surface area (Å²) < 4.78 is 18.9. The first kappa shape index (κ1) is 15.0. The second kappa shape index (κ2) is 5.55. The van der Waals surface area contributed by atoms with Crippen LogP contribution in [0.4, 0.5) is 4.39 Å². The molecule has 21 heavy (non-hydrogen) atoms. The van der Waals surface area contributed by atoms with E-state index in [2.05, 4.69) is 5.32 Å². The third-order valence-corrected chi connectivity index (χ3v) is 3.34. The molecule has 0 aliphatic heterocycles. The lowest BCUT2D eigenvalue weighted by atomic mass is 10.0. The third-order valence-electron chi connectivity index (χ3n) is 3.34. The largest absolute Gasteiger partial charge is 0.480 e. The summed E-state index contributed by atoms with van der Waals surface area (Å²) in [6, 6.07) is 3.37. The quantitative estimate of drug-likeness (QED) is 0.908. The maximum Gasteiger partial charge on any atom is 0.326 e. The average Bonchev–Trinajstić information content (AvgIpc) is 2.74. The van der Waals surface area contributed by atoms with Gasteiger partial charge in [-0.3, -0.25) is 4.79 Å². The van der Waals surface area contributed by atoms with E-state index < -0.39 is 23.7 Å². The van der Waals surface area contributed by atoms with Crippen molar-refractivity contribution in [2.45, 2.75) is 26.8 Å². The van der Waals surface area contributed by atoms with Gasteiger partial charge in [-0.2, -0.15) is 0 Å². The number of carboxylic acid groups (broad SMARTS) is 1. The molecule has 0 saturated carbocycles. The summed E-state index contributed by atoms with van der Waals surface area (Å²) in [5, 5.41) is 12.0. The molecule has 0 unspecified atom stereocenters. The van der Waals surface area contributed by atoms with Gasteiger partial charge in [0.05, 0.1) is 0 Å². The molecule has 1 atom stereocenters. The summed E-state index contributed by atoms with van der Waals surface area (Å²) in [5.41, 5.74) is 0.478. The molecule has 112 valence electrons. The standard InChI is InChI=1S/C15H16FNO4/c1-7(2)11(15(19)20)17-14(18)12-8(3)9-5-4-6-10(16)13(9)21-12/h4-7,11H,1-3H3,(H,17,18)(H,19,20)/t11-/m1/s1. The molecule has 6 heteroatoms. The van der Waals surface area contributed by atoms with E-state index in [1.165, 1.54) is 12.1 Å². The van der Waals surface area contributed by atoms with E-state index in [-0.39, 0.29) is 17.3 Å². The molecule has 1 aromatic heterocycles. The number of nitrogens with one attached hydrogen (secondary N) is 1. The number of halogens is 1. The van der Waals surface area contributed by atoms with E-state index in [9.17, 15) is 14.0 Å². The fourth-order valence-corrected chi connectivity index (χ4v) is 2.15. The summed E-state index contributed by atoms with van der Waals surface area (Å²) in [5.74, 6) is -2.70. The van der Waals surface area contributed by atoms with Crippen LogP contribution in [-0.4, -0.2) is 23.0 Å². The van der Waals surface area contributed by atoms with Crippen molar-refractivity contribution >= 4 is 22.8 Å². The number of fused-ring (bicyclic) bond motifs is 1. The second-order valence-electron chi connectivity index (χ2n) is 5.21. The highest BCUT2D eigenvalue weighted by Gasteiger charge is 2.27. The summed E-state index contributed by atoms with van der Waals surface area (Å²) in [7, 11) is 0. The van der Waals surface area contributed by atoms with E-state index in [1.807, 2.05) is 0 Å². The maximum atomic E-state index is 13.6. The normalized spacial score (nSPS) is 12.6. The van der Waals surface area contributed by atoms with Crippen molar-refractivity contribution < 1.29 is 23.5 Å². The number of rotatable bonds is 4. The van der Waals surface area contributed by atoms with Gasteiger partial charge in [-0.15, -0.1) is 0 Å². The van der Waals surface area contributed by atoms with Crippen LogP contribution in [0.3, 0.4) is 0 Å². The van der Waals surface area contributed by atoms with Crippen LogP contribution in [0.5, 0.6) is 0 Å². The molecule has 0 fully saturated rings. The summed E-state index contributed by atoms with van der Waals surface area (Å²) in [6.45, 7) is 5.00. The minimum atomic E-state index is -1.13. The van der Waals surface area contributed by atoms with Crippen LogP contribution in [0.15, 0.2) is 22.6 Å². The molecule has 2 N–H and O–H groups in total. The van der Waals surface area contributed by atoms with Crippen molar-refractivity contribution in [3.8, 4) is 0 Å². The average molecular weight is 293 g/mol. The topological polar surface area (TPSA) is 79.5 Å². The number of carboxylic acids is 1. The SMILES string of the molecule is Cc1c(C(=O)N[C@@H](C(=O)O)C(C)C)oc2c(F)cccc12. The number of furan rings is 1. The number of carbonyl (C=O) groups excluding carboxylic acids is 1. The molecule has 0 saturated heterocycles. The van der Waals surface area contributed by atoms with Crippen LogP contribution in [0.25, 0.3) is 11.0 Å². The van der Waals surface area contributed by atoms with Gasteiger partial charge in [0, 0.05) is 10.9 Å². The lowest BCUT2D eigenvalue weighted by Gasteiger charge is -2.17. The molecule has 5 nitrogen and oxygen atoms in total. The van der Waals surface area contributed by atoms with Gasteiger partial charge in [0.1, 0.15) is 6.04 Å². The van der Waals surface area contributed by atoms with Gasteiger partial charge < -0.3 is 14.8 Å². The Kier molecular flexibility index (Phi) is 3.97. The first-order valence-corrected chi connectivity index (χ1v) is 6.54. The molecule has 0 spiro atoms. The van der Waals surface area contributed by atoms with Gasteiger partial charge in [-0.25, -0.2) is 9.18 Å². The van der Waals surface area contributed by atoms with Crippen LogP contribution >= 0.6 is 0 Å². The van der Waals surface area contributed by atoms with Gasteiger partial charge in [0.15, 0.2) is 17.2 Å². The number of hydrogen-bond donors (Lipinski definition) is 2. The zero-order chi connectivity index (χ0) is 15.7. The van der Waals surface area contributed by atoms with E-state index in [0.29, 0.717) is 10.9 Å². The van der Waals surface area contributed by atoms with Crippen LogP contribution in [0.1, 0.15) is 30.0 Å². The van der Waals surface area contributed by atoms with Crippen LogP contribution in [0.2, 0.25) is 0 Å². The van der Waals surface area contributed by atoms with E-state index in [0.717, 1.165) is 0 Å². The highest BCUT2D eigenvalue weighted by atomic mass is 19.1. The summed E-state index contributed by atoms with van der Waals surface area (Å²) in [6.07, 6.45) is 0. The number of aliphatic carboxylic acids is 1. The Bertz CT molecular complexity index is 705. The van der Waals surface area contributed by atoms with Crippen molar-refractivity contribution in [3.05, 3.63) is 35.3 Å². The van der Waals surface area contributed by atoms with Gasteiger partial charge in [-0.1, -0.05) is 26.0 Å². The molecule has 0 aliphatic carbocycles. The lowest BCUT2D eigenvalue weighted by molar-refractivity contribution is -0.140. The lowest BCUT2D eigenvalue weighted by Crippen LogP contribution is -2.44. The first-order chi connectivity index (χ1) is 9.82. The molecular formula is C15H16FNO4. The Morgan fingerprint density at radius 3 is 2.52 bits per heavy atom. The maximum absolute atomic E-state index is 13.6. The zero-order valence-corrected chi connectivity index (χ0v) is 11.9. The Hall–Kier alpha value is -2.37. The molecule has 1 aromatic carbocycles. The zero-order valence-electron chi connectivity index (χ0n) is 11.9. The molecule has 1 amide bonds. The van der Waals surface area contributed by atoms with Crippen molar-refractivity contribution in [1.82, 2.24) is 5.32 Å². The number of hydrogen-bond acceptors (Lipinski definition) is 3. The summed E-state index contributed by atoms with van der Waals surface area (Å²) in [4.78, 5) is 23.3. The smallest absolute Gasteiger partial charge is 0.326 e. The van der Waals surface area contributed by atoms with Gasteiger partial charge >= 0.3 is 5.97 Å². The molecule has 2 rings (SSSR count). The number of carbonyl (C=O) groups is 2. The number of para-hydroxylation sites is 1. The predicted octanol–water partition coefficient (Wildman–Crippen LogP) is 2.72. The number of benzene rings is 1. The molecule has 0 aliphatic rings. The van der Waals surface area contributed by atoms with Crippen molar-refractivity contribution in [1.29, 1.82) is 0 Å². The van der Waals surface area contributed by atoms with Gasteiger partial charge in [-0.05, 0) is 18.9 Å². The van der Waals surface area contributed by atoms with E-state index in [4.69, 9.17) is 9.52 Å². The summed E-state index contributed by atoms with van der Waals surface area (Å²) >= 11 is 0. The van der Waals surface area contributed by atoms with Crippen molar-refractivity contribution in [2.75, 3.05) is 0 Å². The minimum Gasteiger partial charge on any atom is -0.480 e. The molecule has 0 bridgehead atoms. The fourth-order valence-electron chi connectivity index (χ4n) is 2.15. The highest BCUT2D eigenvalue weighted by Crippen LogP contribution is 2.27. The number of amides is 1. The van der Waals surface area contributed by atoms with Crippen LogP contribution < -0.4 is 5.32 Å². The minimum absolute atomic E-state index is 0.00317. The van der Waals surface area contributed by atoms with Crippen molar-refractivity contribution in [2.24, 2.45) is 5.92 Å². The fraction of sp³-hybridized carbons (Fsp3) is 0.333. The second-order valence-corrected chi connectivity index (χ2v) is 5.21. The predicted molar refractivity (Wildman–Crippen MR) is 74.6 cm³/mol. The Labute approximate surface area is 120 Å². The van der Waals surface area contributed by atoms with Crippen molar-refractivity contribution in [3.63, 3.8) is 0 Å². The van der Waals surface area contributed by atoms with E-state index >= 15 is 0 Å². The van der Waals surface area contributed by atoms with Crippen LogP contribution in [-0.2, 0) is 4.79 Å². The molecule has 0 radical (unpaired) electrons. The Morgan fingerprint density at radius 1 is 1.33 bits per heavy atom. The van der Waals surface area contributed by atoms with Gasteiger partial charge in [0.2, 0.25) is 0 Å². The monoisotopic (exact) mass is 293 g/mol. The molecular weight excluding hydrogens is 277 g/mol. The van der Waals surface area contributed by atoms with E-state index in [1.54, 1.807) is 26.8 Å². The Balaban J connectivity index is 2.38.